The lowest BCUT2D eigenvalue weighted by molar-refractivity contribution is -0.122. The maximum absolute atomic E-state index is 12.6. The van der Waals surface area contributed by atoms with E-state index in [-0.39, 0.29) is 17.6 Å². The molecule has 1 heterocycles. The molecule has 6 nitrogen and oxygen atoms in total. The maximum atomic E-state index is 12.6. The molecule has 1 fully saturated rings. The lowest BCUT2D eigenvalue weighted by Gasteiger charge is -2.33. The summed E-state index contributed by atoms with van der Waals surface area (Å²) in [4.78, 5) is 14.3. The van der Waals surface area contributed by atoms with E-state index >= 15 is 0 Å². The first-order chi connectivity index (χ1) is 13.9. The molecule has 2 aromatic carbocycles. The van der Waals surface area contributed by atoms with Gasteiger partial charge in [-0.3, -0.25) is 9.69 Å². The highest BCUT2D eigenvalue weighted by Crippen LogP contribution is 2.14. The van der Waals surface area contributed by atoms with Crippen LogP contribution in [0.25, 0.3) is 0 Å². The van der Waals surface area contributed by atoms with E-state index in [1.165, 1.54) is 9.87 Å². The monoisotopic (exact) mass is 415 g/mol. The molecule has 1 aliphatic heterocycles. The van der Waals surface area contributed by atoms with Crippen molar-refractivity contribution >= 4 is 15.9 Å². The van der Waals surface area contributed by atoms with E-state index in [1.807, 2.05) is 53.4 Å². The standard InChI is InChI=1S/C22H29N3O3S/c1-19(21-10-6-3-7-11-21)16-23-22(26)17-24-12-14-25(15-13-24)29(27,28)18-20-8-4-2-5-9-20/h2-11,19H,12-18H2,1H3,(H,23,26)/t19-/m1/s1. The van der Waals surface area contributed by atoms with Gasteiger partial charge in [-0.15, -0.1) is 0 Å². The van der Waals surface area contributed by atoms with E-state index in [2.05, 4.69) is 24.4 Å². The lowest BCUT2D eigenvalue weighted by atomic mass is 10.0. The summed E-state index contributed by atoms with van der Waals surface area (Å²) in [5.74, 6) is 0.250. The first-order valence-electron chi connectivity index (χ1n) is 10.00. The number of carbonyl (C=O) groups is 1. The van der Waals surface area contributed by atoms with E-state index in [0.717, 1.165) is 5.56 Å². The summed E-state index contributed by atoms with van der Waals surface area (Å²) in [6.45, 7) is 4.95. The Morgan fingerprint density at radius 3 is 2.17 bits per heavy atom. The van der Waals surface area contributed by atoms with Crippen LogP contribution in [0.5, 0.6) is 0 Å². The predicted molar refractivity (Wildman–Crippen MR) is 115 cm³/mol. The first-order valence-corrected chi connectivity index (χ1v) is 11.6. The van der Waals surface area contributed by atoms with Crippen molar-refractivity contribution in [3.8, 4) is 0 Å². The molecule has 0 radical (unpaired) electrons. The summed E-state index contributed by atoms with van der Waals surface area (Å²) < 4.78 is 26.8. The van der Waals surface area contributed by atoms with Crippen molar-refractivity contribution in [2.24, 2.45) is 0 Å². The van der Waals surface area contributed by atoms with Crippen LogP contribution in [0.1, 0.15) is 24.0 Å². The fourth-order valence-electron chi connectivity index (χ4n) is 3.47. The SMILES string of the molecule is C[C@H](CNC(=O)CN1CCN(S(=O)(=O)Cc2ccccc2)CC1)c1ccccc1. The van der Waals surface area contributed by atoms with Crippen LogP contribution in [0.2, 0.25) is 0 Å². The third kappa shape index (κ3) is 6.39. The average molecular weight is 416 g/mol. The first kappa shape index (κ1) is 21.5. The number of nitrogens with zero attached hydrogens (tertiary/aromatic N) is 2. The van der Waals surface area contributed by atoms with Gasteiger partial charge in [-0.2, -0.15) is 4.31 Å². The fraction of sp³-hybridized carbons (Fsp3) is 0.409. The van der Waals surface area contributed by atoms with E-state index < -0.39 is 10.0 Å². The van der Waals surface area contributed by atoms with Gasteiger partial charge in [0.2, 0.25) is 15.9 Å². The van der Waals surface area contributed by atoms with Gasteiger partial charge in [-0.25, -0.2) is 8.42 Å². The minimum Gasteiger partial charge on any atom is -0.354 e. The molecule has 0 unspecified atom stereocenters. The Morgan fingerprint density at radius 2 is 1.55 bits per heavy atom. The van der Waals surface area contributed by atoms with Crippen LogP contribution in [-0.2, 0) is 20.6 Å². The zero-order chi connectivity index (χ0) is 20.7. The third-order valence-corrected chi connectivity index (χ3v) is 7.11. The second kappa shape index (κ2) is 10.0. The van der Waals surface area contributed by atoms with Crippen LogP contribution in [-0.4, -0.2) is 62.8 Å². The molecule has 0 spiro atoms. The molecule has 1 amide bonds. The molecule has 0 aliphatic carbocycles. The number of rotatable bonds is 8. The van der Waals surface area contributed by atoms with Crippen molar-refractivity contribution in [3.05, 3.63) is 71.8 Å². The number of benzene rings is 2. The van der Waals surface area contributed by atoms with Gasteiger partial charge < -0.3 is 5.32 Å². The molecule has 2 aromatic rings. The normalized spacial score (nSPS) is 17.0. The van der Waals surface area contributed by atoms with Crippen LogP contribution in [0, 0.1) is 0 Å². The Morgan fingerprint density at radius 1 is 0.966 bits per heavy atom. The van der Waals surface area contributed by atoms with Gasteiger partial charge in [-0.05, 0) is 17.0 Å². The summed E-state index contributed by atoms with van der Waals surface area (Å²) in [5, 5.41) is 2.99. The predicted octanol–water partition coefficient (Wildman–Crippen LogP) is 2.05. The fourth-order valence-corrected chi connectivity index (χ4v) is 4.98. The van der Waals surface area contributed by atoms with Crippen molar-refractivity contribution in [3.63, 3.8) is 0 Å². The summed E-state index contributed by atoms with van der Waals surface area (Å²) in [6.07, 6.45) is 0. The summed E-state index contributed by atoms with van der Waals surface area (Å²) in [7, 11) is -3.33. The van der Waals surface area contributed by atoms with Gasteiger partial charge in [0.1, 0.15) is 0 Å². The van der Waals surface area contributed by atoms with Gasteiger partial charge in [0.15, 0.2) is 0 Å². The Kier molecular flexibility index (Phi) is 7.41. The number of nitrogens with one attached hydrogen (secondary N) is 1. The minimum atomic E-state index is -3.33. The second-order valence-electron chi connectivity index (χ2n) is 7.53. The quantitative estimate of drug-likeness (QED) is 0.717. The number of hydrogen-bond acceptors (Lipinski definition) is 4. The van der Waals surface area contributed by atoms with Gasteiger partial charge >= 0.3 is 0 Å². The van der Waals surface area contributed by atoms with Crippen molar-refractivity contribution in [2.75, 3.05) is 39.3 Å². The van der Waals surface area contributed by atoms with Gasteiger partial charge in [0.05, 0.1) is 12.3 Å². The Hall–Kier alpha value is -2.22. The molecule has 0 bridgehead atoms. The number of hydrogen-bond donors (Lipinski definition) is 1. The molecule has 1 N–H and O–H groups in total. The van der Waals surface area contributed by atoms with Crippen molar-refractivity contribution in [1.82, 2.24) is 14.5 Å². The van der Waals surface area contributed by atoms with E-state index in [9.17, 15) is 13.2 Å². The van der Waals surface area contributed by atoms with Gasteiger partial charge in [0, 0.05) is 32.7 Å². The lowest BCUT2D eigenvalue weighted by Crippen LogP contribution is -2.51. The molecule has 1 saturated heterocycles. The second-order valence-corrected chi connectivity index (χ2v) is 9.50. The molecule has 1 atom stereocenters. The van der Waals surface area contributed by atoms with Crippen LogP contribution in [0.15, 0.2) is 60.7 Å². The molecule has 0 saturated carbocycles. The Labute approximate surface area is 173 Å². The van der Waals surface area contributed by atoms with E-state index in [1.54, 1.807) is 0 Å². The van der Waals surface area contributed by atoms with E-state index in [4.69, 9.17) is 0 Å². The largest absolute Gasteiger partial charge is 0.354 e. The summed E-state index contributed by atoms with van der Waals surface area (Å²) >= 11 is 0. The zero-order valence-electron chi connectivity index (χ0n) is 16.8. The topological polar surface area (TPSA) is 69.7 Å². The number of piperazine rings is 1. The molecule has 3 rings (SSSR count). The molecule has 7 heteroatoms. The highest BCUT2D eigenvalue weighted by Gasteiger charge is 2.27. The molecule has 156 valence electrons. The molecule has 29 heavy (non-hydrogen) atoms. The maximum Gasteiger partial charge on any atom is 0.234 e. The molecular formula is C22H29N3O3S. The van der Waals surface area contributed by atoms with Crippen LogP contribution >= 0.6 is 0 Å². The molecular weight excluding hydrogens is 386 g/mol. The van der Waals surface area contributed by atoms with Gasteiger partial charge in [-0.1, -0.05) is 67.6 Å². The highest BCUT2D eigenvalue weighted by atomic mass is 32.2. The summed E-state index contributed by atoms with van der Waals surface area (Å²) in [5.41, 5.74) is 1.99. The van der Waals surface area contributed by atoms with Crippen LogP contribution in [0.3, 0.4) is 0 Å². The van der Waals surface area contributed by atoms with E-state index in [0.29, 0.717) is 39.3 Å². The zero-order valence-corrected chi connectivity index (χ0v) is 17.6. The van der Waals surface area contributed by atoms with Crippen molar-refractivity contribution < 1.29 is 13.2 Å². The van der Waals surface area contributed by atoms with Crippen LogP contribution in [0.4, 0.5) is 0 Å². The molecule has 1 aliphatic rings. The van der Waals surface area contributed by atoms with Crippen molar-refractivity contribution in [2.45, 2.75) is 18.6 Å². The Bertz CT molecular complexity index is 880. The Balaban J connectivity index is 1.41. The molecule has 0 aromatic heterocycles. The smallest absolute Gasteiger partial charge is 0.234 e. The van der Waals surface area contributed by atoms with Gasteiger partial charge in [0.25, 0.3) is 0 Å². The number of amides is 1. The summed E-state index contributed by atoms with van der Waals surface area (Å²) in [6, 6.07) is 19.3. The van der Waals surface area contributed by atoms with Crippen LogP contribution < -0.4 is 5.32 Å². The average Bonchev–Trinajstić information content (AvgIpc) is 2.73. The third-order valence-electron chi connectivity index (χ3n) is 5.26. The highest BCUT2D eigenvalue weighted by molar-refractivity contribution is 7.88. The number of carbonyl (C=O) groups excluding carboxylic acids is 1. The number of sulfonamides is 1. The van der Waals surface area contributed by atoms with Crippen molar-refractivity contribution in [1.29, 1.82) is 0 Å². The minimum absolute atomic E-state index is 0.0195.